The molecule has 7 rings (SSSR count). The molecule has 1 aromatic heterocycles. The van der Waals surface area contributed by atoms with Crippen molar-refractivity contribution in [3.05, 3.63) is 163 Å². The summed E-state index contributed by atoms with van der Waals surface area (Å²) < 4.78 is 125. The lowest BCUT2D eigenvalue weighted by atomic mass is 9.80. The van der Waals surface area contributed by atoms with E-state index in [4.69, 9.17) is 19.3 Å². The number of hydrogen-bond acceptors (Lipinski definition) is 17. The molecule has 26 nitrogen and oxygen atoms in total. The number of hydrogen-bond donors (Lipinski definition) is 8. The Labute approximate surface area is 503 Å². The second kappa shape index (κ2) is 28.6. The smallest absolute Gasteiger partial charge is 0.457 e. The fourth-order valence-electron chi connectivity index (χ4n) is 10.5. The molecule has 4 aromatic rings. The first-order chi connectivity index (χ1) is 40.7. The summed E-state index contributed by atoms with van der Waals surface area (Å²) in [5, 5.41) is 2.70. The SMILES string of the molecule is CC1(C)/C(=C\C=C2/CCCC(/C=C/C3N(CCCCS(=O)(=O)O)c4ccccc4C3(C)C)=C2Oc2ccc(S(=O)(=O)O)cc2)N(CCCCCC(=O)NCC#Cc2cn(COCCOP(=O)(O)OP(=O)(O)OP(=O)(O)O)c(=O)[nH]c2=O)c2ccccc21. The number of aromatic amines is 1. The quantitative estimate of drug-likeness (QED) is 0.0117. The number of fused-ring (bicyclic) bond motifs is 2. The summed E-state index contributed by atoms with van der Waals surface area (Å²) in [6, 6.07) is 21.8. The zero-order chi connectivity index (χ0) is 63.6. The maximum atomic E-state index is 12.9. The lowest BCUT2D eigenvalue weighted by Gasteiger charge is -2.33. The fourth-order valence-corrected chi connectivity index (χ4v) is 14.6. The first kappa shape index (κ1) is 68.4. The van der Waals surface area contributed by atoms with Crippen molar-refractivity contribution < 1.29 is 86.6 Å². The van der Waals surface area contributed by atoms with Gasteiger partial charge in [0.05, 0.1) is 36.4 Å². The van der Waals surface area contributed by atoms with Crippen LogP contribution in [0.25, 0.3) is 0 Å². The van der Waals surface area contributed by atoms with Gasteiger partial charge in [-0.1, -0.05) is 101 Å². The lowest BCUT2D eigenvalue weighted by Crippen LogP contribution is -2.40. The highest BCUT2D eigenvalue weighted by molar-refractivity contribution is 7.86. The predicted octanol–water partition coefficient (Wildman–Crippen LogP) is 7.64. The van der Waals surface area contributed by atoms with Crippen LogP contribution in [-0.2, 0) is 74.2 Å². The fraction of sp³-hybridized carbons (Fsp3) is 0.411. The van der Waals surface area contributed by atoms with Crippen LogP contribution in [0.2, 0.25) is 0 Å². The summed E-state index contributed by atoms with van der Waals surface area (Å²) in [6.45, 7) is 7.88. The highest BCUT2D eigenvalue weighted by Gasteiger charge is 2.44. The van der Waals surface area contributed by atoms with Crippen LogP contribution >= 0.6 is 23.5 Å². The molecule has 3 atom stereocenters. The van der Waals surface area contributed by atoms with Gasteiger partial charge in [0.15, 0.2) is 0 Å². The number of phosphoric ester groups is 1. The number of H-pyrrole nitrogens is 1. The second-order valence-corrected chi connectivity index (χ2v) is 29.1. The first-order valence-corrected chi connectivity index (χ1v) is 35.0. The minimum atomic E-state index is -5.72. The van der Waals surface area contributed by atoms with E-state index in [9.17, 15) is 63.8 Å². The van der Waals surface area contributed by atoms with Crippen molar-refractivity contribution in [1.29, 1.82) is 0 Å². The van der Waals surface area contributed by atoms with Gasteiger partial charge in [-0.25, -0.2) is 18.5 Å². The molecule has 0 radical (unpaired) electrons. The Kier molecular flexibility index (Phi) is 22.5. The van der Waals surface area contributed by atoms with Crippen LogP contribution in [0.5, 0.6) is 5.75 Å². The number of para-hydroxylation sites is 2. The number of allylic oxidation sites excluding steroid dienone is 6. The Bertz CT molecular complexity index is 3900. The second-order valence-electron chi connectivity index (χ2n) is 21.6. The standard InChI is InChI=1S/C56H70N5O21P3S2/c1-55(2)45-19-7-9-21-47(45)60(33-11-5-6-23-51(62)57-32-15-18-42-38-59(54(64)58-53(42)63)39-78-35-36-79-84(68,69)82-85(70,71)81-83(65,66)67)49(55)30-24-40-16-14-17-41(52(40)80-43-26-28-44(29-27-43)87(75,76)77)25-31-50-56(3,4)46-20-8-10-22-48(46)61(50)34-12-13-37-86(72,73)74/h7-10,19-22,24-31,38,50H,5-6,11-14,16-17,23,32-37,39H2,1-4H3,(H,57,62)(H,68,69)(H,70,71)(H,58,63,64)(H2,65,66,67)(H,72,73,74)(H,75,76,77)/b31-25+,40-24+,49-30+. The van der Waals surface area contributed by atoms with Crippen LogP contribution < -0.4 is 31.1 Å². The van der Waals surface area contributed by atoms with E-state index in [1.54, 1.807) is 0 Å². The van der Waals surface area contributed by atoms with Crippen molar-refractivity contribution in [3.63, 3.8) is 0 Å². The molecule has 31 heteroatoms. The Morgan fingerprint density at radius 3 is 2.17 bits per heavy atom. The summed E-state index contributed by atoms with van der Waals surface area (Å²) in [4.78, 5) is 80.2. The van der Waals surface area contributed by atoms with Gasteiger partial charge < -0.3 is 44.2 Å². The predicted molar refractivity (Wildman–Crippen MR) is 322 cm³/mol. The summed E-state index contributed by atoms with van der Waals surface area (Å²) in [7, 11) is -25.3. The third-order valence-electron chi connectivity index (χ3n) is 14.6. The van der Waals surface area contributed by atoms with Gasteiger partial charge in [0, 0.05) is 53.6 Å². The van der Waals surface area contributed by atoms with Crippen LogP contribution in [-0.4, -0.2) is 106 Å². The van der Waals surface area contributed by atoms with Gasteiger partial charge in [-0.3, -0.25) is 32.8 Å². The van der Waals surface area contributed by atoms with Crippen molar-refractivity contribution in [2.45, 2.75) is 114 Å². The molecule has 3 aliphatic rings. The van der Waals surface area contributed by atoms with Gasteiger partial charge in [0.25, 0.3) is 25.8 Å². The Morgan fingerprint density at radius 2 is 1.48 bits per heavy atom. The molecule has 3 aromatic carbocycles. The minimum absolute atomic E-state index is 0.131. The largest absolute Gasteiger partial charge is 0.490 e. The molecule has 472 valence electrons. The molecule has 1 amide bonds. The minimum Gasteiger partial charge on any atom is -0.457 e. The number of phosphoric acid groups is 3. The molecule has 8 N–H and O–H groups in total. The molecule has 0 saturated heterocycles. The van der Waals surface area contributed by atoms with Gasteiger partial charge in [0.1, 0.15) is 23.8 Å². The van der Waals surface area contributed by atoms with Crippen molar-refractivity contribution in [3.8, 4) is 17.6 Å². The van der Waals surface area contributed by atoms with Gasteiger partial charge in [-0.15, -0.1) is 0 Å². The summed E-state index contributed by atoms with van der Waals surface area (Å²) in [5.74, 6) is 5.61. The monoisotopic (exact) mass is 1310 g/mol. The average molecular weight is 1310 g/mol. The first-order valence-electron chi connectivity index (χ1n) is 27.5. The molecule has 0 spiro atoms. The van der Waals surface area contributed by atoms with E-state index < -0.39 is 80.3 Å². The summed E-state index contributed by atoms with van der Waals surface area (Å²) in [6.07, 6.45) is 14.6. The number of amides is 1. The van der Waals surface area contributed by atoms with E-state index in [0.717, 1.165) is 63.0 Å². The zero-order valence-corrected chi connectivity index (χ0v) is 52.3. The highest BCUT2D eigenvalue weighted by Crippen LogP contribution is 2.66. The van der Waals surface area contributed by atoms with Crippen LogP contribution in [0.1, 0.15) is 102 Å². The third kappa shape index (κ3) is 19.0. The molecule has 3 unspecified atom stereocenters. The van der Waals surface area contributed by atoms with Crippen molar-refractivity contribution in [2.75, 3.05) is 48.4 Å². The van der Waals surface area contributed by atoms with Crippen molar-refractivity contribution >= 4 is 61.0 Å². The molecule has 1 aliphatic carbocycles. The van der Waals surface area contributed by atoms with Gasteiger partial charge in [0.2, 0.25) is 5.91 Å². The number of carbonyl (C=O) groups is 1. The third-order valence-corrected chi connectivity index (χ3v) is 20.1. The highest BCUT2D eigenvalue weighted by atomic mass is 32.2. The number of benzene rings is 3. The number of anilines is 2. The summed E-state index contributed by atoms with van der Waals surface area (Å²) in [5.41, 5.74) is 4.56. The number of ether oxygens (including phenoxy) is 2. The molecule has 3 heterocycles. The maximum absolute atomic E-state index is 12.9. The normalized spacial score (nSPS) is 18.9. The van der Waals surface area contributed by atoms with Gasteiger partial charge in [-0.2, -0.15) is 25.5 Å². The zero-order valence-electron chi connectivity index (χ0n) is 48.0. The van der Waals surface area contributed by atoms with E-state index in [0.29, 0.717) is 56.7 Å². The molecule has 87 heavy (non-hydrogen) atoms. The molecular formula is C56H70N5O21P3S2. The van der Waals surface area contributed by atoms with Crippen molar-refractivity contribution in [2.24, 2.45) is 0 Å². The van der Waals surface area contributed by atoms with Crippen molar-refractivity contribution in [1.82, 2.24) is 14.9 Å². The van der Waals surface area contributed by atoms with E-state index in [-0.39, 0.29) is 53.0 Å². The summed E-state index contributed by atoms with van der Waals surface area (Å²) >= 11 is 0. The lowest BCUT2D eigenvalue weighted by molar-refractivity contribution is -0.120. The Balaban J connectivity index is 1.00. The number of aromatic nitrogens is 2. The number of rotatable bonds is 28. The number of nitrogens with zero attached hydrogens (tertiary/aromatic N) is 3. The van der Waals surface area contributed by atoms with Crippen LogP contribution in [0.15, 0.2) is 140 Å². The van der Waals surface area contributed by atoms with Crippen LogP contribution in [0, 0.1) is 11.8 Å². The van der Waals surface area contributed by atoms with E-state index in [1.165, 1.54) is 24.3 Å². The molecular weight excluding hydrogens is 1240 g/mol. The molecule has 0 bridgehead atoms. The topological polar surface area (TPSA) is 377 Å². The number of nitrogens with one attached hydrogen (secondary N) is 2. The number of carbonyl (C=O) groups excluding carboxylic acids is 1. The van der Waals surface area contributed by atoms with Gasteiger partial charge >= 0.3 is 29.2 Å². The Morgan fingerprint density at radius 1 is 0.805 bits per heavy atom. The van der Waals surface area contributed by atoms with E-state index in [2.05, 4.69) is 121 Å². The Hall–Kier alpha value is -6.08. The average Bonchev–Trinajstić information content (AvgIpc) is 1.65. The molecule has 0 fully saturated rings. The molecule has 2 aliphatic heterocycles. The van der Waals surface area contributed by atoms with Gasteiger partial charge in [-0.05, 0) is 110 Å². The van der Waals surface area contributed by atoms with Crippen LogP contribution in [0.4, 0.5) is 11.4 Å². The van der Waals surface area contributed by atoms with E-state index >= 15 is 0 Å². The van der Waals surface area contributed by atoms with E-state index in [1.807, 2.05) is 24.3 Å². The number of unbranched alkanes of at least 4 members (excludes halogenated alkanes) is 3. The van der Waals surface area contributed by atoms with Crippen LogP contribution in [0.3, 0.4) is 0 Å². The molecule has 0 saturated carbocycles. The maximum Gasteiger partial charge on any atom is 0.490 e.